The summed E-state index contributed by atoms with van der Waals surface area (Å²) in [4.78, 5) is 4.13. The monoisotopic (exact) mass is 208 g/mol. The molecule has 1 heterocycles. The molecule has 0 aliphatic carbocycles. The van der Waals surface area contributed by atoms with Crippen molar-refractivity contribution in [1.82, 2.24) is 10.3 Å². The van der Waals surface area contributed by atoms with E-state index in [0.717, 1.165) is 12.2 Å². The van der Waals surface area contributed by atoms with Gasteiger partial charge in [-0.2, -0.15) is 0 Å². The Bertz CT molecular complexity index is 289. The summed E-state index contributed by atoms with van der Waals surface area (Å²) in [6.45, 7) is 2.20. The van der Waals surface area contributed by atoms with Gasteiger partial charge in [0.1, 0.15) is 5.75 Å². The first kappa shape index (κ1) is 12.0. The largest absolute Gasteiger partial charge is 0.496 e. The highest BCUT2D eigenvalue weighted by Gasteiger charge is 2.09. The molecule has 15 heavy (non-hydrogen) atoms. The molecule has 3 nitrogen and oxygen atoms in total. The Kier molecular flexibility index (Phi) is 5.12. The molecule has 0 aliphatic heterocycles. The van der Waals surface area contributed by atoms with Crippen molar-refractivity contribution in [2.45, 2.75) is 32.2 Å². The molecule has 0 bridgehead atoms. The molecule has 0 fully saturated rings. The number of ether oxygens (including phenoxy) is 1. The van der Waals surface area contributed by atoms with E-state index in [1.54, 1.807) is 13.3 Å². The summed E-state index contributed by atoms with van der Waals surface area (Å²) in [6, 6.07) is 2.42. The number of likely N-dealkylation sites (N-methyl/N-ethyl adjacent to an activating group) is 1. The number of pyridine rings is 1. The van der Waals surface area contributed by atoms with Gasteiger partial charge in [-0.05, 0) is 26.0 Å². The van der Waals surface area contributed by atoms with Crippen LogP contribution < -0.4 is 10.1 Å². The van der Waals surface area contributed by atoms with Crippen LogP contribution in [0, 0.1) is 0 Å². The van der Waals surface area contributed by atoms with Gasteiger partial charge in [-0.3, -0.25) is 4.98 Å². The SMILES string of the molecule is CCCC(Cc1cnccc1OC)NC. The van der Waals surface area contributed by atoms with E-state index in [4.69, 9.17) is 4.74 Å². The van der Waals surface area contributed by atoms with Crippen LogP contribution in [0.4, 0.5) is 0 Å². The van der Waals surface area contributed by atoms with E-state index in [-0.39, 0.29) is 0 Å². The summed E-state index contributed by atoms with van der Waals surface area (Å²) in [5, 5.41) is 3.32. The fraction of sp³-hybridized carbons (Fsp3) is 0.583. The molecular weight excluding hydrogens is 188 g/mol. The van der Waals surface area contributed by atoms with Crippen LogP contribution in [0.25, 0.3) is 0 Å². The second kappa shape index (κ2) is 6.40. The zero-order valence-corrected chi connectivity index (χ0v) is 9.79. The first-order valence-corrected chi connectivity index (χ1v) is 5.46. The number of methoxy groups -OCH3 is 1. The van der Waals surface area contributed by atoms with E-state index >= 15 is 0 Å². The van der Waals surface area contributed by atoms with Crippen LogP contribution in [-0.2, 0) is 6.42 Å². The summed E-state index contributed by atoms with van der Waals surface area (Å²) in [5.41, 5.74) is 1.17. The second-order valence-electron chi connectivity index (χ2n) is 3.67. The van der Waals surface area contributed by atoms with Crippen molar-refractivity contribution in [2.75, 3.05) is 14.2 Å². The Morgan fingerprint density at radius 2 is 2.33 bits per heavy atom. The maximum atomic E-state index is 5.30. The van der Waals surface area contributed by atoms with Gasteiger partial charge in [-0.25, -0.2) is 0 Å². The van der Waals surface area contributed by atoms with Crippen LogP contribution in [0.3, 0.4) is 0 Å². The summed E-state index contributed by atoms with van der Waals surface area (Å²) >= 11 is 0. The molecule has 84 valence electrons. The molecule has 3 heteroatoms. The van der Waals surface area contributed by atoms with Crippen LogP contribution in [0.2, 0.25) is 0 Å². The topological polar surface area (TPSA) is 34.1 Å². The standard InChI is InChI=1S/C12H20N2O/c1-4-5-11(13-2)8-10-9-14-7-6-12(10)15-3/h6-7,9,11,13H,4-5,8H2,1-3H3. The van der Waals surface area contributed by atoms with Crippen LogP contribution >= 0.6 is 0 Å². The number of rotatable bonds is 6. The van der Waals surface area contributed by atoms with Crippen molar-refractivity contribution in [2.24, 2.45) is 0 Å². The molecule has 1 rings (SSSR count). The highest BCUT2D eigenvalue weighted by atomic mass is 16.5. The van der Waals surface area contributed by atoms with E-state index in [1.807, 2.05) is 19.3 Å². The first-order valence-electron chi connectivity index (χ1n) is 5.46. The molecule has 0 amide bonds. The number of nitrogens with zero attached hydrogens (tertiary/aromatic N) is 1. The predicted molar refractivity (Wildman–Crippen MR) is 62.2 cm³/mol. The summed E-state index contributed by atoms with van der Waals surface area (Å²) < 4.78 is 5.30. The fourth-order valence-corrected chi connectivity index (χ4v) is 1.73. The molecular formula is C12H20N2O. The Labute approximate surface area is 91.9 Å². The molecule has 0 aromatic carbocycles. The molecule has 1 atom stereocenters. The van der Waals surface area contributed by atoms with Crippen molar-refractivity contribution in [3.8, 4) is 5.75 Å². The van der Waals surface area contributed by atoms with Gasteiger partial charge in [0.15, 0.2) is 0 Å². The zero-order valence-electron chi connectivity index (χ0n) is 9.79. The number of hydrogen-bond donors (Lipinski definition) is 1. The lowest BCUT2D eigenvalue weighted by molar-refractivity contribution is 0.403. The first-order chi connectivity index (χ1) is 7.31. The molecule has 0 saturated carbocycles. The normalized spacial score (nSPS) is 12.5. The Balaban J connectivity index is 2.69. The smallest absolute Gasteiger partial charge is 0.125 e. The molecule has 1 unspecified atom stereocenters. The van der Waals surface area contributed by atoms with Gasteiger partial charge in [0.25, 0.3) is 0 Å². The average Bonchev–Trinajstić information content (AvgIpc) is 2.29. The van der Waals surface area contributed by atoms with Crippen molar-refractivity contribution in [3.05, 3.63) is 24.0 Å². The molecule has 0 radical (unpaired) electrons. The Hall–Kier alpha value is -1.09. The fourth-order valence-electron chi connectivity index (χ4n) is 1.73. The molecule has 1 aromatic rings. The van der Waals surface area contributed by atoms with Gasteiger partial charge < -0.3 is 10.1 Å². The number of hydrogen-bond acceptors (Lipinski definition) is 3. The summed E-state index contributed by atoms with van der Waals surface area (Å²) in [6.07, 6.45) is 6.99. The van der Waals surface area contributed by atoms with E-state index < -0.39 is 0 Å². The molecule has 1 N–H and O–H groups in total. The highest BCUT2D eigenvalue weighted by molar-refractivity contribution is 5.30. The lowest BCUT2D eigenvalue weighted by Crippen LogP contribution is -2.27. The van der Waals surface area contributed by atoms with E-state index in [0.29, 0.717) is 6.04 Å². The minimum atomic E-state index is 0.507. The molecule has 1 aromatic heterocycles. The second-order valence-corrected chi connectivity index (χ2v) is 3.67. The third-order valence-corrected chi connectivity index (χ3v) is 2.59. The van der Waals surface area contributed by atoms with Gasteiger partial charge in [0.2, 0.25) is 0 Å². The summed E-state index contributed by atoms with van der Waals surface area (Å²) in [5.74, 6) is 0.932. The maximum absolute atomic E-state index is 5.30. The maximum Gasteiger partial charge on any atom is 0.125 e. The zero-order chi connectivity index (χ0) is 11.1. The Morgan fingerprint density at radius 3 is 2.93 bits per heavy atom. The summed E-state index contributed by atoms with van der Waals surface area (Å²) in [7, 11) is 3.70. The third-order valence-electron chi connectivity index (χ3n) is 2.59. The van der Waals surface area contributed by atoms with E-state index in [2.05, 4.69) is 17.2 Å². The van der Waals surface area contributed by atoms with Gasteiger partial charge in [-0.1, -0.05) is 13.3 Å². The number of nitrogens with one attached hydrogen (secondary N) is 1. The minimum Gasteiger partial charge on any atom is -0.496 e. The number of aromatic nitrogens is 1. The van der Waals surface area contributed by atoms with Crippen molar-refractivity contribution >= 4 is 0 Å². The van der Waals surface area contributed by atoms with Gasteiger partial charge in [-0.15, -0.1) is 0 Å². The lowest BCUT2D eigenvalue weighted by atomic mass is 10.0. The lowest BCUT2D eigenvalue weighted by Gasteiger charge is -2.16. The quantitative estimate of drug-likeness (QED) is 0.776. The molecule has 0 saturated heterocycles. The Morgan fingerprint density at radius 1 is 1.53 bits per heavy atom. The van der Waals surface area contributed by atoms with Crippen molar-refractivity contribution in [1.29, 1.82) is 0 Å². The highest BCUT2D eigenvalue weighted by Crippen LogP contribution is 2.18. The van der Waals surface area contributed by atoms with E-state index in [9.17, 15) is 0 Å². The van der Waals surface area contributed by atoms with Gasteiger partial charge >= 0.3 is 0 Å². The van der Waals surface area contributed by atoms with Crippen LogP contribution in [0.15, 0.2) is 18.5 Å². The van der Waals surface area contributed by atoms with Gasteiger partial charge in [0, 0.05) is 24.0 Å². The van der Waals surface area contributed by atoms with Gasteiger partial charge in [0.05, 0.1) is 7.11 Å². The van der Waals surface area contributed by atoms with Crippen LogP contribution in [0.1, 0.15) is 25.3 Å². The van der Waals surface area contributed by atoms with Crippen molar-refractivity contribution in [3.63, 3.8) is 0 Å². The molecule has 0 aliphatic rings. The van der Waals surface area contributed by atoms with E-state index in [1.165, 1.54) is 18.4 Å². The minimum absolute atomic E-state index is 0.507. The van der Waals surface area contributed by atoms with Crippen molar-refractivity contribution < 1.29 is 4.74 Å². The average molecular weight is 208 g/mol. The predicted octanol–water partition coefficient (Wildman–Crippen LogP) is 2.02. The van der Waals surface area contributed by atoms with Crippen LogP contribution in [0.5, 0.6) is 5.75 Å². The van der Waals surface area contributed by atoms with Crippen LogP contribution in [-0.4, -0.2) is 25.2 Å². The molecule has 0 spiro atoms. The third kappa shape index (κ3) is 3.51.